The van der Waals surface area contributed by atoms with Gasteiger partial charge in [0.2, 0.25) is 15.9 Å². The summed E-state index contributed by atoms with van der Waals surface area (Å²) in [5.74, 6) is -0.606. The van der Waals surface area contributed by atoms with Crippen LogP contribution in [0.4, 0.5) is 5.69 Å². The number of pyridine rings is 1. The SMILES string of the molecule is CCOc1nc(C(=O)NCc2ccccc2S(=O)(=O)NC(C)(C)C)cc(N)c1C#N. The van der Waals surface area contributed by atoms with E-state index in [1.54, 1.807) is 45.9 Å². The Kier molecular flexibility index (Phi) is 7.02. The fraction of sp³-hybridized carbons (Fsp3) is 0.350. The minimum absolute atomic E-state index is 0.0255. The van der Waals surface area contributed by atoms with Crippen LogP contribution in [0.2, 0.25) is 0 Å². The zero-order chi connectivity index (χ0) is 22.5. The zero-order valence-corrected chi connectivity index (χ0v) is 18.1. The Labute approximate surface area is 176 Å². The Morgan fingerprint density at radius 2 is 1.97 bits per heavy atom. The Bertz CT molecular complexity index is 1090. The lowest BCUT2D eigenvalue weighted by atomic mass is 10.1. The van der Waals surface area contributed by atoms with Crippen molar-refractivity contribution in [3.05, 3.63) is 47.2 Å². The molecule has 30 heavy (non-hydrogen) atoms. The molecule has 0 saturated heterocycles. The summed E-state index contributed by atoms with van der Waals surface area (Å²) in [6.45, 7) is 7.14. The molecule has 1 heterocycles. The molecule has 0 atom stereocenters. The van der Waals surface area contributed by atoms with E-state index in [0.29, 0.717) is 5.56 Å². The molecule has 0 aliphatic rings. The third kappa shape index (κ3) is 5.68. The fourth-order valence-electron chi connectivity index (χ4n) is 2.65. The van der Waals surface area contributed by atoms with Crippen LogP contribution in [0.15, 0.2) is 35.2 Å². The number of hydrogen-bond acceptors (Lipinski definition) is 7. The van der Waals surface area contributed by atoms with E-state index in [9.17, 15) is 18.5 Å². The third-order valence-electron chi connectivity index (χ3n) is 3.78. The van der Waals surface area contributed by atoms with Gasteiger partial charge in [-0.2, -0.15) is 5.26 Å². The molecule has 0 aliphatic carbocycles. The predicted octanol–water partition coefficient (Wildman–Crippen LogP) is 1.94. The number of nitrogens with two attached hydrogens (primary N) is 1. The number of carbonyl (C=O) groups is 1. The number of rotatable bonds is 7. The quantitative estimate of drug-likeness (QED) is 0.607. The first-order valence-corrected chi connectivity index (χ1v) is 10.7. The van der Waals surface area contributed by atoms with Crippen LogP contribution in [0, 0.1) is 11.3 Å². The highest BCUT2D eigenvalue weighted by Crippen LogP contribution is 2.23. The second-order valence-corrected chi connectivity index (χ2v) is 9.12. The van der Waals surface area contributed by atoms with Gasteiger partial charge in [-0.1, -0.05) is 18.2 Å². The third-order valence-corrected chi connectivity index (χ3v) is 5.64. The van der Waals surface area contributed by atoms with Crippen molar-refractivity contribution in [1.29, 1.82) is 5.26 Å². The molecule has 0 fully saturated rings. The first kappa shape index (κ1) is 23.1. The standard InChI is InChI=1S/C20H25N5O4S/c1-5-29-19-14(11-21)15(22)10-16(24-19)18(26)23-12-13-8-6-7-9-17(13)30(27,28)25-20(2,3)4/h6-10,25H,5,12H2,1-4H3,(H2,22,24)(H,23,26). The first-order valence-electron chi connectivity index (χ1n) is 9.22. The Hall–Kier alpha value is -3.16. The Balaban J connectivity index is 2.27. The molecule has 0 radical (unpaired) electrons. The van der Waals surface area contributed by atoms with Crippen molar-refractivity contribution >= 4 is 21.6 Å². The average Bonchev–Trinajstić information content (AvgIpc) is 2.64. The molecule has 1 amide bonds. The summed E-state index contributed by atoms with van der Waals surface area (Å²) in [4.78, 5) is 16.7. The number of hydrogen-bond donors (Lipinski definition) is 3. The van der Waals surface area contributed by atoms with Crippen molar-refractivity contribution in [3.8, 4) is 11.9 Å². The van der Waals surface area contributed by atoms with Gasteiger partial charge in [-0.05, 0) is 45.4 Å². The highest BCUT2D eigenvalue weighted by molar-refractivity contribution is 7.89. The number of nitriles is 1. The number of carbonyl (C=O) groups excluding carboxylic acids is 1. The average molecular weight is 432 g/mol. The van der Waals surface area contributed by atoms with Crippen LogP contribution in [-0.2, 0) is 16.6 Å². The summed E-state index contributed by atoms with van der Waals surface area (Å²) in [7, 11) is -3.78. The summed E-state index contributed by atoms with van der Waals surface area (Å²) in [5, 5.41) is 11.8. The smallest absolute Gasteiger partial charge is 0.270 e. The van der Waals surface area contributed by atoms with Gasteiger partial charge in [0, 0.05) is 12.1 Å². The van der Waals surface area contributed by atoms with Gasteiger partial charge >= 0.3 is 0 Å². The topological polar surface area (TPSA) is 147 Å². The van der Waals surface area contributed by atoms with Gasteiger partial charge in [-0.15, -0.1) is 0 Å². The maximum atomic E-state index is 12.7. The molecule has 0 bridgehead atoms. The molecule has 2 aromatic rings. The molecule has 2 rings (SSSR count). The van der Waals surface area contributed by atoms with E-state index in [1.807, 2.05) is 6.07 Å². The van der Waals surface area contributed by atoms with Crippen LogP contribution >= 0.6 is 0 Å². The van der Waals surface area contributed by atoms with E-state index in [-0.39, 0.29) is 40.9 Å². The summed E-state index contributed by atoms with van der Waals surface area (Å²) in [6, 6.07) is 9.56. The molecule has 4 N–H and O–H groups in total. The minimum atomic E-state index is -3.78. The van der Waals surface area contributed by atoms with E-state index < -0.39 is 21.5 Å². The van der Waals surface area contributed by atoms with E-state index in [4.69, 9.17) is 10.5 Å². The van der Waals surface area contributed by atoms with Crippen LogP contribution in [0.25, 0.3) is 0 Å². The van der Waals surface area contributed by atoms with Gasteiger partial charge in [0.1, 0.15) is 17.3 Å². The van der Waals surface area contributed by atoms with Crippen molar-refractivity contribution in [2.45, 2.75) is 44.7 Å². The summed E-state index contributed by atoms with van der Waals surface area (Å²) in [6.07, 6.45) is 0. The normalized spacial score (nSPS) is 11.6. The molecule has 0 aliphatic heterocycles. The highest BCUT2D eigenvalue weighted by Gasteiger charge is 2.24. The van der Waals surface area contributed by atoms with Crippen LogP contribution < -0.4 is 20.5 Å². The Morgan fingerprint density at radius 3 is 2.57 bits per heavy atom. The van der Waals surface area contributed by atoms with Crippen LogP contribution in [0.1, 0.15) is 49.3 Å². The number of nitrogen functional groups attached to an aromatic ring is 1. The van der Waals surface area contributed by atoms with Gasteiger partial charge in [0.15, 0.2) is 0 Å². The molecular weight excluding hydrogens is 406 g/mol. The second kappa shape index (κ2) is 9.11. The minimum Gasteiger partial charge on any atom is -0.477 e. The van der Waals surface area contributed by atoms with Crippen molar-refractivity contribution < 1.29 is 17.9 Å². The molecule has 160 valence electrons. The Morgan fingerprint density at radius 1 is 1.30 bits per heavy atom. The van der Waals surface area contributed by atoms with Gasteiger partial charge in [-0.25, -0.2) is 18.1 Å². The van der Waals surface area contributed by atoms with E-state index in [1.165, 1.54) is 12.1 Å². The summed E-state index contributed by atoms with van der Waals surface area (Å²) >= 11 is 0. The lowest BCUT2D eigenvalue weighted by Gasteiger charge is -2.21. The van der Waals surface area contributed by atoms with E-state index >= 15 is 0 Å². The van der Waals surface area contributed by atoms with Gasteiger partial charge in [0.05, 0.1) is 17.2 Å². The number of nitrogens with zero attached hydrogens (tertiary/aromatic N) is 2. The van der Waals surface area contributed by atoms with Crippen LogP contribution in [-0.4, -0.2) is 31.5 Å². The number of sulfonamides is 1. The van der Waals surface area contributed by atoms with Crippen molar-refractivity contribution in [3.63, 3.8) is 0 Å². The monoisotopic (exact) mass is 431 g/mol. The maximum Gasteiger partial charge on any atom is 0.270 e. The van der Waals surface area contributed by atoms with Gasteiger partial charge in [-0.3, -0.25) is 4.79 Å². The highest BCUT2D eigenvalue weighted by atomic mass is 32.2. The van der Waals surface area contributed by atoms with Gasteiger partial charge < -0.3 is 15.8 Å². The zero-order valence-electron chi connectivity index (χ0n) is 17.3. The van der Waals surface area contributed by atoms with E-state index in [0.717, 1.165) is 0 Å². The lowest BCUT2D eigenvalue weighted by molar-refractivity contribution is 0.0944. The van der Waals surface area contributed by atoms with Crippen LogP contribution in [0.3, 0.4) is 0 Å². The molecule has 1 aromatic carbocycles. The molecular formula is C20H25N5O4S. The van der Waals surface area contributed by atoms with Crippen molar-refractivity contribution in [1.82, 2.24) is 15.0 Å². The molecule has 10 heteroatoms. The first-order chi connectivity index (χ1) is 14.0. The predicted molar refractivity (Wildman–Crippen MR) is 112 cm³/mol. The molecule has 1 aromatic heterocycles. The molecule has 0 spiro atoms. The van der Waals surface area contributed by atoms with Gasteiger partial charge in [0.25, 0.3) is 5.91 Å². The van der Waals surface area contributed by atoms with Crippen molar-refractivity contribution in [2.75, 3.05) is 12.3 Å². The van der Waals surface area contributed by atoms with Crippen LogP contribution in [0.5, 0.6) is 5.88 Å². The number of ether oxygens (including phenoxy) is 1. The van der Waals surface area contributed by atoms with E-state index in [2.05, 4.69) is 15.0 Å². The molecule has 0 saturated carbocycles. The molecule has 0 unspecified atom stereocenters. The fourth-order valence-corrected chi connectivity index (χ4v) is 4.31. The lowest BCUT2D eigenvalue weighted by Crippen LogP contribution is -2.41. The number of aromatic nitrogens is 1. The number of anilines is 1. The summed E-state index contributed by atoms with van der Waals surface area (Å²) < 4.78 is 33.3. The number of nitrogens with one attached hydrogen (secondary N) is 2. The maximum absolute atomic E-state index is 12.7. The second-order valence-electron chi connectivity index (χ2n) is 7.47. The molecule has 9 nitrogen and oxygen atoms in total. The number of benzene rings is 1. The number of amides is 1. The summed E-state index contributed by atoms with van der Waals surface area (Å²) in [5.41, 5.74) is 5.67. The largest absolute Gasteiger partial charge is 0.477 e. The van der Waals surface area contributed by atoms with Crippen molar-refractivity contribution in [2.24, 2.45) is 0 Å².